The van der Waals surface area contributed by atoms with Crippen LogP contribution < -0.4 is 5.32 Å². The first-order chi connectivity index (χ1) is 6.06. The van der Waals surface area contributed by atoms with Crippen molar-refractivity contribution in [3.63, 3.8) is 0 Å². The Bertz CT molecular complexity index is 240. The number of terminal acetylenes is 1. The summed E-state index contributed by atoms with van der Waals surface area (Å²) in [7, 11) is 0. The molecule has 0 spiro atoms. The van der Waals surface area contributed by atoms with Crippen LogP contribution in [0.4, 0.5) is 0 Å². The van der Waals surface area contributed by atoms with Gasteiger partial charge < -0.3 is 5.32 Å². The molecule has 0 atom stereocenters. The molecular formula is C10H16N2O. The van der Waals surface area contributed by atoms with E-state index in [9.17, 15) is 4.79 Å². The van der Waals surface area contributed by atoms with E-state index in [0.717, 1.165) is 13.0 Å². The Kier molecular flexibility index (Phi) is 2.94. The summed E-state index contributed by atoms with van der Waals surface area (Å²) in [6.45, 7) is 6.09. The Labute approximate surface area is 79.5 Å². The van der Waals surface area contributed by atoms with Crippen LogP contribution in [-0.4, -0.2) is 36.0 Å². The number of nitrogens with one attached hydrogen (secondary N) is 1. The second-order valence-electron chi connectivity index (χ2n) is 3.96. The van der Waals surface area contributed by atoms with Crippen molar-refractivity contribution in [3.05, 3.63) is 0 Å². The van der Waals surface area contributed by atoms with E-state index >= 15 is 0 Å². The summed E-state index contributed by atoms with van der Waals surface area (Å²) in [5, 5.41) is 2.65. The molecule has 1 N–H and O–H groups in total. The molecule has 1 aliphatic rings. The fourth-order valence-corrected chi connectivity index (χ4v) is 1.39. The molecule has 1 amide bonds. The first kappa shape index (κ1) is 10.1. The van der Waals surface area contributed by atoms with Gasteiger partial charge in [-0.1, -0.05) is 5.92 Å². The third-order valence-electron chi connectivity index (χ3n) is 2.57. The third-order valence-corrected chi connectivity index (χ3v) is 2.57. The molecule has 3 heteroatoms. The van der Waals surface area contributed by atoms with Gasteiger partial charge in [-0.2, -0.15) is 0 Å². The molecule has 13 heavy (non-hydrogen) atoms. The molecule has 0 radical (unpaired) electrons. The molecule has 1 fully saturated rings. The molecule has 72 valence electrons. The number of hydrogen-bond acceptors (Lipinski definition) is 2. The SMILES string of the molecule is C#CCNC(=O)CN1CCC1(C)C. The summed E-state index contributed by atoms with van der Waals surface area (Å²) < 4.78 is 0. The van der Waals surface area contributed by atoms with E-state index in [2.05, 4.69) is 30.0 Å². The van der Waals surface area contributed by atoms with E-state index in [1.165, 1.54) is 0 Å². The third kappa shape index (κ3) is 2.46. The quantitative estimate of drug-likeness (QED) is 0.630. The highest BCUT2D eigenvalue weighted by Crippen LogP contribution is 2.28. The molecule has 1 aliphatic heterocycles. The Balaban J connectivity index is 2.26. The summed E-state index contributed by atoms with van der Waals surface area (Å²) in [4.78, 5) is 13.4. The molecule has 0 aliphatic carbocycles. The first-order valence-corrected chi connectivity index (χ1v) is 4.51. The summed E-state index contributed by atoms with van der Waals surface area (Å²) >= 11 is 0. The maximum absolute atomic E-state index is 11.2. The fourth-order valence-electron chi connectivity index (χ4n) is 1.39. The fraction of sp³-hybridized carbons (Fsp3) is 0.700. The normalized spacial score (nSPS) is 20.1. The van der Waals surface area contributed by atoms with Gasteiger partial charge in [0.05, 0.1) is 13.1 Å². The number of hydrogen-bond donors (Lipinski definition) is 1. The summed E-state index contributed by atoms with van der Waals surface area (Å²) in [5.41, 5.74) is 0.188. The smallest absolute Gasteiger partial charge is 0.234 e. The summed E-state index contributed by atoms with van der Waals surface area (Å²) in [5.74, 6) is 2.40. The van der Waals surface area contributed by atoms with Gasteiger partial charge in [-0.05, 0) is 20.3 Å². The highest BCUT2D eigenvalue weighted by atomic mass is 16.2. The Morgan fingerprint density at radius 1 is 1.69 bits per heavy atom. The van der Waals surface area contributed by atoms with Crippen LogP contribution in [0.5, 0.6) is 0 Å². The van der Waals surface area contributed by atoms with E-state index < -0.39 is 0 Å². The van der Waals surface area contributed by atoms with Crippen molar-refractivity contribution in [3.8, 4) is 12.3 Å². The Hall–Kier alpha value is -1.01. The van der Waals surface area contributed by atoms with Crippen molar-refractivity contribution >= 4 is 5.91 Å². The minimum atomic E-state index is 0.0192. The van der Waals surface area contributed by atoms with Crippen molar-refractivity contribution in [1.82, 2.24) is 10.2 Å². The molecule has 3 nitrogen and oxygen atoms in total. The van der Waals surface area contributed by atoms with Gasteiger partial charge in [-0.3, -0.25) is 9.69 Å². The molecule has 0 bridgehead atoms. The van der Waals surface area contributed by atoms with E-state index in [-0.39, 0.29) is 11.4 Å². The van der Waals surface area contributed by atoms with Crippen LogP contribution >= 0.6 is 0 Å². The number of carbonyl (C=O) groups is 1. The number of rotatable bonds is 3. The number of amides is 1. The molecule has 0 unspecified atom stereocenters. The number of carbonyl (C=O) groups excluding carboxylic acids is 1. The second kappa shape index (κ2) is 3.80. The van der Waals surface area contributed by atoms with Crippen molar-refractivity contribution in [2.45, 2.75) is 25.8 Å². The van der Waals surface area contributed by atoms with E-state index in [1.807, 2.05) is 0 Å². The van der Waals surface area contributed by atoms with Crippen molar-refractivity contribution in [1.29, 1.82) is 0 Å². The van der Waals surface area contributed by atoms with E-state index in [1.54, 1.807) is 0 Å². The van der Waals surface area contributed by atoms with Gasteiger partial charge in [-0.25, -0.2) is 0 Å². The zero-order valence-electron chi connectivity index (χ0n) is 8.26. The van der Waals surface area contributed by atoms with Crippen molar-refractivity contribution < 1.29 is 4.79 Å². The van der Waals surface area contributed by atoms with Gasteiger partial charge in [0.2, 0.25) is 5.91 Å². The predicted molar refractivity (Wildman–Crippen MR) is 52.1 cm³/mol. The zero-order valence-corrected chi connectivity index (χ0v) is 8.26. The van der Waals surface area contributed by atoms with Crippen LogP contribution in [0.15, 0.2) is 0 Å². The molecule has 0 aromatic rings. The van der Waals surface area contributed by atoms with Crippen molar-refractivity contribution in [2.75, 3.05) is 19.6 Å². The van der Waals surface area contributed by atoms with Crippen LogP contribution in [0.3, 0.4) is 0 Å². The minimum Gasteiger partial charge on any atom is -0.344 e. The highest BCUT2D eigenvalue weighted by molar-refractivity contribution is 5.78. The van der Waals surface area contributed by atoms with Gasteiger partial charge >= 0.3 is 0 Å². The lowest BCUT2D eigenvalue weighted by Crippen LogP contribution is -2.58. The molecule has 0 saturated carbocycles. The standard InChI is InChI=1S/C10H16N2O/c1-4-6-11-9(13)8-12-7-5-10(12,2)3/h1H,5-8H2,2-3H3,(H,11,13). The van der Waals surface area contributed by atoms with E-state index in [0.29, 0.717) is 13.1 Å². The maximum atomic E-state index is 11.2. The van der Waals surface area contributed by atoms with Gasteiger partial charge in [0.1, 0.15) is 0 Å². The maximum Gasteiger partial charge on any atom is 0.234 e. The lowest BCUT2D eigenvalue weighted by Gasteiger charge is -2.48. The minimum absolute atomic E-state index is 0.0192. The van der Waals surface area contributed by atoms with Crippen LogP contribution in [0.1, 0.15) is 20.3 Å². The van der Waals surface area contributed by atoms with Crippen LogP contribution in [0.2, 0.25) is 0 Å². The molecular weight excluding hydrogens is 164 g/mol. The molecule has 0 aromatic carbocycles. The topological polar surface area (TPSA) is 32.3 Å². The summed E-state index contributed by atoms with van der Waals surface area (Å²) in [6.07, 6.45) is 6.19. The first-order valence-electron chi connectivity index (χ1n) is 4.51. The van der Waals surface area contributed by atoms with Crippen LogP contribution in [-0.2, 0) is 4.79 Å². The summed E-state index contributed by atoms with van der Waals surface area (Å²) in [6, 6.07) is 0. The molecule has 0 aromatic heterocycles. The Morgan fingerprint density at radius 3 is 2.77 bits per heavy atom. The number of likely N-dealkylation sites (tertiary alicyclic amines) is 1. The average molecular weight is 180 g/mol. The lowest BCUT2D eigenvalue weighted by molar-refractivity contribution is -0.126. The predicted octanol–water partition coefficient (Wildman–Crippen LogP) is 0.220. The van der Waals surface area contributed by atoms with Gasteiger partial charge in [0.15, 0.2) is 0 Å². The average Bonchev–Trinajstić information content (AvgIpc) is 2.09. The van der Waals surface area contributed by atoms with Crippen LogP contribution in [0.25, 0.3) is 0 Å². The second-order valence-corrected chi connectivity index (χ2v) is 3.96. The van der Waals surface area contributed by atoms with Crippen molar-refractivity contribution in [2.24, 2.45) is 0 Å². The van der Waals surface area contributed by atoms with Gasteiger partial charge in [-0.15, -0.1) is 6.42 Å². The zero-order chi connectivity index (χ0) is 9.90. The van der Waals surface area contributed by atoms with Gasteiger partial charge in [0, 0.05) is 12.1 Å². The lowest BCUT2D eigenvalue weighted by atomic mass is 9.89. The molecule has 1 heterocycles. The van der Waals surface area contributed by atoms with E-state index in [4.69, 9.17) is 6.42 Å². The van der Waals surface area contributed by atoms with Crippen LogP contribution in [0, 0.1) is 12.3 Å². The monoisotopic (exact) mass is 180 g/mol. The Morgan fingerprint density at radius 2 is 2.38 bits per heavy atom. The number of nitrogens with zero attached hydrogens (tertiary/aromatic N) is 1. The van der Waals surface area contributed by atoms with Gasteiger partial charge in [0.25, 0.3) is 0 Å². The highest BCUT2D eigenvalue weighted by Gasteiger charge is 2.36. The molecule has 1 saturated heterocycles. The molecule has 1 rings (SSSR count). The largest absolute Gasteiger partial charge is 0.344 e.